The normalized spacial score (nSPS) is 20.8. The van der Waals surface area contributed by atoms with Gasteiger partial charge in [-0.25, -0.2) is 4.79 Å². The molecule has 0 saturated carbocycles. The summed E-state index contributed by atoms with van der Waals surface area (Å²) in [6.45, 7) is 12.4. The second kappa shape index (κ2) is 6.62. The zero-order valence-electron chi connectivity index (χ0n) is 13.8. The van der Waals surface area contributed by atoms with Crippen LogP contribution in [0.4, 0.5) is 4.79 Å². The highest BCUT2D eigenvalue weighted by atomic mass is 16.8. The van der Waals surface area contributed by atoms with Gasteiger partial charge < -0.3 is 20.2 Å². The third-order valence-electron chi connectivity index (χ3n) is 2.55. The van der Waals surface area contributed by atoms with E-state index >= 15 is 0 Å². The molecule has 21 heavy (non-hydrogen) atoms. The third-order valence-corrected chi connectivity index (χ3v) is 2.55. The maximum absolute atomic E-state index is 12.1. The zero-order chi connectivity index (χ0) is 16.3. The minimum atomic E-state index is -0.751. The second-order valence-electron chi connectivity index (χ2n) is 7.19. The lowest BCUT2D eigenvalue weighted by Gasteiger charge is -2.33. The Morgan fingerprint density at radius 1 is 1.19 bits per heavy atom. The number of nitrogens with one attached hydrogen (secondary N) is 2. The maximum Gasteiger partial charge on any atom is 0.528 e. The molecular formula is C14H27N3O4. The molecule has 1 atom stereocenters. The topological polar surface area (TPSA) is 79.9 Å². The second-order valence-corrected chi connectivity index (χ2v) is 7.19. The van der Waals surface area contributed by atoms with Crippen LogP contribution in [0.5, 0.6) is 0 Å². The van der Waals surface area contributed by atoms with Crippen LogP contribution in [0.2, 0.25) is 0 Å². The number of rotatable bonds is 2. The molecule has 0 aliphatic carbocycles. The van der Waals surface area contributed by atoms with Crippen molar-refractivity contribution in [2.24, 2.45) is 0 Å². The van der Waals surface area contributed by atoms with Crippen molar-refractivity contribution in [1.82, 2.24) is 15.7 Å². The summed E-state index contributed by atoms with van der Waals surface area (Å²) in [4.78, 5) is 28.9. The molecule has 0 bridgehead atoms. The van der Waals surface area contributed by atoms with E-state index in [0.29, 0.717) is 19.6 Å². The Kier molecular flexibility index (Phi) is 5.58. The average molecular weight is 301 g/mol. The summed E-state index contributed by atoms with van der Waals surface area (Å²) in [5.41, 5.74) is -0.902. The first-order valence-electron chi connectivity index (χ1n) is 7.17. The number of carbonyl (C=O) groups is 2. The van der Waals surface area contributed by atoms with Crippen LogP contribution in [0.25, 0.3) is 0 Å². The van der Waals surface area contributed by atoms with Crippen LogP contribution in [0.3, 0.4) is 0 Å². The van der Waals surface area contributed by atoms with Crippen LogP contribution in [-0.4, -0.2) is 53.9 Å². The molecule has 1 amide bonds. The zero-order valence-corrected chi connectivity index (χ0v) is 13.8. The van der Waals surface area contributed by atoms with Crippen LogP contribution in [0.15, 0.2) is 0 Å². The van der Waals surface area contributed by atoms with Gasteiger partial charge in [-0.2, -0.15) is 0 Å². The number of piperazine rings is 1. The van der Waals surface area contributed by atoms with Crippen molar-refractivity contribution in [2.75, 3.05) is 19.6 Å². The van der Waals surface area contributed by atoms with Crippen molar-refractivity contribution >= 4 is 12.1 Å². The number of hydrogen-bond donors (Lipinski definition) is 2. The molecule has 7 heteroatoms. The Bertz CT molecular complexity index is 385. The molecule has 2 N–H and O–H groups in total. The summed E-state index contributed by atoms with van der Waals surface area (Å²) < 4.78 is 5.09. The largest absolute Gasteiger partial charge is 0.528 e. The lowest BCUT2D eigenvalue weighted by molar-refractivity contribution is -0.159. The molecule has 1 rings (SSSR count). The molecule has 1 aliphatic rings. The summed E-state index contributed by atoms with van der Waals surface area (Å²) in [6.07, 6.45) is -0.751. The summed E-state index contributed by atoms with van der Waals surface area (Å²) in [7, 11) is 0. The highest BCUT2D eigenvalue weighted by molar-refractivity contribution is 5.82. The van der Waals surface area contributed by atoms with Gasteiger partial charge >= 0.3 is 6.16 Å². The molecule has 1 fully saturated rings. The van der Waals surface area contributed by atoms with Gasteiger partial charge in [0.2, 0.25) is 5.91 Å². The van der Waals surface area contributed by atoms with Crippen molar-refractivity contribution in [2.45, 2.75) is 58.7 Å². The summed E-state index contributed by atoms with van der Waals surface area (Å²) in [5.74, 6) is -0.111. The Labute approximate surface area is 126 Å². The Morgan fingerprint density at radius 2 is 1.81 bits per heavy atom. The average Bonchev–Trinajstić information content (AvgIpc) is 2.24. The highest BCUT2D eigenvalue weighted by Crippen LogP contribution is 2.10. The molecule has 1 heterocycles. The van der Waals surface area contributed by atoms with Gasteiger partial charge in [0.15, 0.2) is 0 Å². The van der Waals surface area contributed by atoms with E-state index in [9.17, 15) is 9.59 Å². The van der Waals surface area contributed by atoms with Gasteiger partial charge in [0.1, 0.15) is 11.6 Å². The van der Waals surface area contributed by atoms with Gasteiger partial charge in [0.05, 0.1) is 6.54 Å². The minimum absolute atomic E-state index is 0.111. The van der Waals surface area contributed by atoms with Crippen LogP contribution >= 0.6 is 0 Å². The number of hydrogen-bond acceptors (Lipinski definition) is 6. The number of hydroxylamine groups is 2. The molecule has 0 aromatic carbocycles. The molecule has 0 aromatic heterocycles. The fourth-order valence-electron chi connectivity index (χ4n) is 1.81. The molecular weight excluding hydrogens is 274 g/mol. The minimum Gasteiger partial charge on any atom is -0.427 e. The quantitative estimate of drug-likeness (QED) is 0.742. The molecule has 1 saturated heterocycles. The van der Waals surface area contributed by atoms with E-state index < -0.39 is 17.8 Å². The molecule has 1 aliphatic heterocycles. The standard InChI is InChI=1S/C14H27N3O4/c1-13(2,3)16-11(18)10-9-17(8-7-15-10)21-12(19)20-14(4,5)6/h10,15H,7-9H2,1-6H3,(H,16,18)/t10-/m1/s1. The Balaban J connectivity index is 2.49. The van der Waals surface area contributed by atoms with E-state index in [4.69, 9.17) is 9.57 Å². The van der Waals surface area contributed by atoms with E-state index in [0.717, 1.165) is 0 Å². The van der Waals surface area contributed by atoms with Gasteiger partial charge in [0.25, 0.3) is 0 Å². The Morgan fingerprint density at radius 3 is 2.33 bits per heavy atom. The third kappa shape index (κ3) is 7.29. The van der Waals surface area contributed by atoms with Crippen LogP contribution < -0.4 is 10.6 Å². The van der Waals surface area contributed by atoms with E-state index in [2.05, 4.69) is 10.6 Å². The van der Waals surface area contributed by atoms with Gasteiger partial charge in [-0.1, -0.05) is 0 Å². The van der Waals surface area contributed by atoms with Crippen LogP contribution in [-0.2, 0) is 14.4 Å². The molecule has 0 spiro atoms. The smallest absolute Gasteiger partial charge is 0.427 e. The fraction of sp³-hybridized carbons (Fsp3) is 0.857. The van der Waals surface area contributed by atoms with E-state index in [1.165, 1.54) is 5.06 Å². The predicted molar refractivity (Wildman–Crippen MR) is 78.6 cm³/mol. The number of nitrogens with zero attached hydrogens (tertiary/aromatic N) is 1. The molecule has 0 radical (unpaired) electrons. The van der Waals surface area contributed by atoms with Gasteiger partial charge in [0, 0.05) is 18.6 Å². The van der Waals surface area contributed by atoms with E-state index in [1.807, 2.05) is 20.8 Å². The van der Waals surface area contributed by atoms with Crippen molar-refractivity contribution < 1.29 is 19.2 Å². The lowest BCUT2D eigenvalue weighted by atomic mass is 10.1. The SMILES string of the molecule is CC(C)(C)NC(=O)[C@H]1CN(OC(=O)OC(C)(C)C)CCN1. The number of amides is 1. The highest BCUT2D eigenvalue weighted by Gasteiger charge is 2.30. The first kappa shape index (κ1) is 17.7. The van der Waals surface area contributed by atoms with Crippen molar-refractivity contribution in [3.63, 3.8) is 0 Å². The molecule has 0 unspecified atom stereocenters. The maximum atomic E-state index is 12.1. The summed E-state index contributed by atoms with van der Waals surface area (Å²) >= 11 is 0. The first-order valence-corrected chi connectivity index (χ1v) is 7.17. The van der Waals surface area contributed by atoms with Crippen LogP contribution in [0.1, 0.15) is 41.5 Å². The van der Waals surface area contributed by atoms with E-state index in [-0.39, 0.29) is 11.4 Å². The number of carbonyl (C=O) groups excluding carboxylic acids is 2. The lowest BCUT2D eigenvalue weighted by Crippen LogP contribution is -2.59. The monoisotopic (exact) mass is 301 g/mol. The van der Waals surface area contributed by atoms with Gasteiger partial charge in [-0.15, -0.1) is 5.06 Å². The summed E-state index contributed by atoms with van der Waals surface area (Å²) in [6, 6.07) is -0.416. The first-order chi connectivity index (χ1) is 9.46. The van der Waals surface area contributed by atoms with Gasteiger partial charge in [-0.05, 0) is 41.5 Å². The molecule has 0 aromatic rings. The Hall–Kier alpha value is -1.34. The molecule has 7 nitrogen and oxygen atoms in total. The summed E-state index contributed by atoms with van der Waals surface area (Å²) in [5, 5.41) is 7.46. The van der Waals surface area contributed by atoms with Gasteiger partial charge in [-0.3, -0.25) is 4.79 Å². The molecule has 122 valence electrons. The van der Waals surface area contributed by atoms with Crippen molar-refractivity contribution in [1.29, 1.82) is 0 Å². The van der Waals surface area contributed by atoms with E-state index in [1.54, 1.807) is 20.8 Å². The van der Waals surface area contributed by atoms with Crippen LogP contribution in [0, 0.1) is 0 Å². The fourth-order valence-corrected chi connectivity index (χ4v) is 1.81. The number of ether oxygens (including phenoxy) is 1. The van der Waals surface area contributed by atoms with Crippen molar-refractivity contribution in [3.8, 4) is 0 Å². The predicted octanol–water partition coefficient (Wildman–Crippen LogP) is 1.04. The van der Waals surface area contributed by atoms with Crippen molar-refractivity contribution in [3.05, 3.63) is 0 Å².